The summed E-state index contributed by atoms with van der Waals surface area (Å²) < 4.78 is 0. The first-order valence-corrected chi connectivity index (χ1v) is 5.88. The monoisotopic (exact) mass is 258 g/mol. The van der Waals surface area contributed by atoms with Gasteiger partial charge in [-0.05, 0) is 30.2 Å². The van der Waals surface area contributed by atoms with Crippen molar-refractivity contribution in [2.75, 3.05) is 6.54 Å². The van der Waals surface area contributed by atoms with E-state index in [2.05, 4.69) is 0 Å². The zero-order valence-corrected chi connectivity index (χ0v) is 10.2. The standard InChI is InChI=1S/C14H14N2O3/c15-7-6-10-2-1-3-11(8-10)13-5-4-12(16(18)19)9-14(13)17/h1-5,8-9,17H,6-7,15H2. The molecule has 2 aromatic carbocycles. The van der Waals surface area contributed by atoms with Gasteiger partial charge < -0.3 is 10.8 Å². The van der Waals surface area contributed by atoms with Crippen molar-refractivity contribution in [3.05, 3.63) is 58.1 Å². The summed E-state index contributed by atoms with van der Waals surface area (Å²) in [6.07, 6.45) is 0.752. The fourth-order valence-corrected chi connectivity index (χ4v) is 1.94. The van der Waals surface area contributed by atoms with E-state index in [1.807, 2.05) is 24.3 Å². The molecule has 0 amide bonds. The lowest BCUT2D eigenvalue weighted by Gasteiger charge is -2.07. The highest BCUT2D eigenvalue weighted by atomic mass is 16.6. The molecule has 5 heteroatoms. The van der Waals surface area contributed by atoms with Gasteiger partial charge in [0.25, 0.3) is 5.69 Å². The molecule has 0 unspecified atom stereocenters. The molecule has 0 atom stereocenters. The number of phenols is 1. The fourth-order valence-electron chi connectivity index (χ4n) is 1.94. The van der Waals surface area contributed by atoms with Gasteiger partial charge in [0, 0.05) is 11.6 Å². The number of benzene rings is 2. The quantitative estimate of drug-likeness (QED) is 0.651. The first-order valence-electron chi connectivity index (χ1n) is 5.88. The number of nitrogens with two attached hydrogens (primary N) is 1. The maximum absolute atomic E-state index is 10.6. The highest BCUT2D eigenvalue weighted by molar-refractivity contribution is 5.72. The third-order valence-electron chi connectivity index (χ3n) is 2.86. The van der Waals surface area contributed by atoms with Gasteiger partial charge in [-0.1, -0.05) is 24.3 Å². The van der Waals surface area contributed by atoms with Crippen LogP contribution >= 0.6 is 0 Å². The lowest BCUT2D eigenvalue weighted by atomic mass is 10.0. The van der Waals surface area contributed by atoms with Crippen LogP contribution in [0.3, 0.4) is 0 Å². The largest absolute Gasteiger partial charge is 0.507 e. The number of non-ortho nitro benzene ring substituents is 1. The van der Waals surface area contributed by atoms with Crippen LogP contribution in [0.2, 0.25) is 0 Å². The summed E-state index contributed by atoms with van der Waals surface area (Å²) in [6.45, 7) is 0.551. The van der Waals surface area contributed by atoms with Gasteiger partial charge in [-0.3, -0.25) is 10.1 Å². The van der Waals surface area contributed by atoms with Crippen molar-refractivity contribution < 1.29 is 10.0 Å². The molecule has 0 heterocycles. The molecule has 19 heavy (non-hydrogen) atoms. The molecule has 0 saturated heterocycles. The van der Waals surface area contributed by atoms with Crippen LogP contribution in [-0.2, 0) is 6.42 Å². The molecular weight excluding hydrogens is 244 g/mol. The Kier molecular flexibility index (Phi) is 3.77. The van der Waals surface area contributed by atoms with Crippen molar-refractivity contribution >= 4 is 5.69 Å². The number of rotatable bonds is 4. The lowest BCUT2D eigenvalue weighted by Crippen LogP contribution is -2.02. The zero-order valence-electron chi connectivity index (χ0n) is 10.2. The van der Waals surface area contributed by atoms with Crippen LogP contribution in [0.1, 0.15) is 5.56 Å². The van der Waals surface area contributed by atoms with Crippen LogP contribution in [0.15, 0.2) is 42.5 Å². The van der Waals surface area contributed by atoms with Gasteiger partial charge in [0.1, 0.15) is 5.75 Å². The first kappa shape index (κ1) is 13.0. The van der Waals surface area contributed by atoms with Crippen LogP contribution in [0.5, 0.6) is 5.75 Å². The SMILES string of the molecule is NCCc1cccc(-c2ccc([N+](=O)[O-])cc2O)c1. The number of nitro groups is 1. The van der Waals surface area contributed by atoms with E-state index in [9.17, 15) is 15.2 Å². The van der Waals surface area contributed by atoms with E-state index >= 15 is 0 Å². The molecule has 3 N–H and O–H groups in total. The van der Waals surface area contributed by atoms with Gasteiger partial charge >= 0.3 is 0 Å². The Labute approximate surface area is 110 Å². The number of nitro benzene ring substituents is 1. The maximum atomic E-state index is 10.6. The van der Waals surface area contributed by atoms with E-state index < -0.39 is 4.92 Å². The van der Waals surface area contributed by atoms with E-state index in [-0.39, 0.29) is 11.4 Å². The predicted octanol–water partition coefficient (Wildman–Crippen LogP) is 2.47. The Morgan fingerprint density at radius 3 is 2.63 bits per heavy atom. The molecular formula is C14H14N2O3. The van der Waals surface area contributed by atoms with Crippen molar-refractivity contribution in [1.29, 1.82) is 0 Å². The first-order chi connectivity index (χ1) is 9.11. The van der Waals surface area contributed by atoms with Gasteiger partial charge in [0.05, 0.1) is 11.0 Å². The molecule has 0 radical (unpaired) electrons. The molecule has 2 aromatic rings. The Morgan fingerprint density at radius 1 is 1.21 bits per heavy atom. The normalized spacial score (nSPS) is 10.4. The van der Waals surface area contributed by atoms with Crippen molar-refractivity contribution in [3.63, 3.8) is 0 Å². The number of phenolic OH excluding ortho intramolecular Hbond substituents is 1. The third kappa shape index (κ3) is 2.89. The average molecular weight is 258 g/mol. The molecule has 0 saturated carbocycles. The molecule has 0 aliphatic heterocycles. The Hall–Kier alpha value is -2.40. The van der Waals surface area contributed by atoms with Crippen molar-refractivity contribution in [2.24, 2.45) is 5.73 Å². The van der Waals surface area contributed by atoms with Crippen LogP contribution in [0, 0.1) is 10.1 Å². The maximum Gasteiger partial charge on any atom is 0.273 e. The molecule has 2 rings (SSSR count). The smallest absolute Gasteiger partial charge is 0.273 e. The van der Waals surface area contributed by atoms with E-state index in [1.165, 1.54) is 6.07 Å². The van der Waals surface area contributed by atoms with Gasteiger partial charge in [0.15, 0.2) is 0 Å². The number of nitrogens with zero attached hydrogens (tertiary/aromatic N) is 1. The van der Waals surface area contributed by atoms with Crippen molar-refractivity contribution in [2.45, 2.75) is 6.42 Å². The Morgan fingerprint density at radius 2 is 2.00 bits per heavy atom. The van der Waals surface area contributed by atoms with Crippen LogP contribution in [0.25, 0.3) is 11.1 Å². The molecule has 0 aliphatic rings. The minimum atomic E-state index is -0.533. The average Bonchev–Trinajstić information content (AvgIpc) is 2.39. The van der Waals surface area contributed by atoms with Crippen molar-refractivity contribution in [1.82, 2.24) is 0 Å². The Bertz CT molecular complexity index is 611. The van der Waals surface area contributed by atoms with Gasteiger partial charge in [0.2, 0.25) is 0 Å². The van der Waals surface area contributed by atoms with Crippen LogP contribution in [0.4, 0.5) is 5.69 Å². The number of hydrogen-bond acceptors (Lipinski definition) is 4. The van der Waals surface area contributed by atoms with Crippen LogP contribution < -0.4 is 5.73 Å². The van der Waals surface area contributed by atoms with E-state index in [0.29, 0.717) is 12.1 Å². The summed E-state index contributed by atoms with van der Waals surface area (Å²) >= 11 is 0. The summed E-state index contributed by atoms with van der Waals surface area (Å²) in [6, 6.07) is 11.7. The second-order valence-electron chi connectivity index (χ2n) is 4.20. The number of hydrogen-bond donors (Lipinski definition) is 2. The fraction of sp³-hybridized carbons (Fsp3) is 0.143. The van der Waals surface area contributed by atoms with Gasteiger partial charge in [-0.2, -0.15) is 0 Å². The molecule has 0 spiro atoms. The Balaban J connectivity index is 2.41. The second-order valence-corrected chi connectivity index (χ2v) is 4.20. The summed E-state index contributed by atoms with van der Waals surface area (Å²) in [5, 5.41) is 20.5. The highest BCUT2D eigenvalue weighted by Gasteiger charge is 2.11. The summed E-state index contributed by atoms with van der Waals surface area (Å²) in [5.74, 6) is -0.0981. The summed E-state index contributed by atoms with van der Waals surface area (Å²) in [7, 11) is 0. The summed E-state index contributed by atoms with van der Waals surface area (Å²) in [5.41, 5.74) is 7.84. The predicted molar refractivity (Wildman–Crippen MR) is 73.0 cm³/mol. The molecule has 98 valence electrons. The van der Waals surface area contributed by atoms with E-state index in [1.54, 1.807) is 6.07 Å². The summed E-state index contributed by atoms with van der Waals surface area (Å²) in [4.78, 5) is 10.1. The second kappa shape index (κ2) is 5.49. The zero-order chi connectivity index (χ0) is 13.8. The topological polar surface area (TPSA) is 89.4 Å². The minimum Gasteiger partial charge on any atom is -0.507 e. The molecule has 0 bridgehead atoms. The molecule has 0 aromatic heterocycles. The van der Waals surface area contributed by atoms with Gasteiger partial charge in [-0.15, -0.1) is 0 Å². The van der Waals surface area contributed by atoms with Crippen molar-refractivity contribution in [3.8, 4) is 16.9 Å². The number of aromatic hydroxyl groups is 1. The van der Waals surface area contributed by atoms with Gasteiger partial charge in [-0.25, -0.2) is 0 Å². The lowest BCUT2D eigenvalue weighted by molar-refractivity contribution is -0.384. The molecule has 0 fully saturated rings. The molecule has 0 aliphatic carbocycles. The highest BCUT2D eigenvalue weighted by Crippen LogP contribution is 2.32. The van der Waals surface area contributed by atoms with Crippen LogP contribution in [-0.4, -0.2) is 16.6 Å². The third-order valence-corrected chi connectivity index (χ3v) is 2.86. The minimum absolute atomic E-state index is 0.0981. The van der Waals surface area contributed by atoms with E-state index in [4.69, 9.17) is 5.73 Å². The van der Waals surface area contributed by atoms with E-state index in [0.717, 1.165) is 23.6 Å². The molecule has 5 nitrogen and oxygen atoms in total.